The first-order valence-electron chi connectivity index (χ1n) is 10.3. The van der Waals surface area contributed by atoms with Gasteiger partial charge in [0.05, 0.1) is 5.30 Å². The molecule has 0 bridgehead atoms. The molecule has 0 aliphatic carbocycles. The van der Waals surface area contributed by atoms with Gasteiger partial charge in [-0.1, -0.05) is 35.9 Å². The predicted octanol–water partition coefficient (Wildman–Crippen LogP) is 6.37. The zero-order chi connectivity index (χ0) is 23.0. The minimum absolute atomic E-state index is 0.192. The van der Waals surface area contributed by atoms with Crippen LogP contribution in [0.25, 0.3) is 0 Å². The van der Waals surface area contributed by atoms with Gasteiger partial charge in [0.25, 0.3) is 0 Å². The maximum Gasteiger partial charge on any atom is 0.247 e. The van der Waals surface area contributed by atoms with E-state index in [1.165, 1.54) is 0 Å². The van der Waals surface area contributed by atoms with Gasteiger partial charge in [-0.3, -0.25) is 14.2 Å². The van der Waals surface area contributed by atoms with Crippen LogP contribution >= 0.6 is 7.80 Å². The van der Waals surface area contributed by atoms with Crippen LogP contribution in [0.4, 0.5) is 0 Å². The zero-order valence-corrected chi connectivity index (χ0v) is 20.1. The van der Waals surface area contributed by atoms with Crippen LogP contribution in [0.2, 0.25) is 0 Å². The number of benzene rings is 3. The lowest BCUT2D eigenvalue weighted by Crippen LogP contribution is -2.18. The van der Waals surface area contributed by atoms with Gasteiger partial charge in [0.1, 0.15) is 0 Å². The quantitative estimate of drug-likeness (QED) is 0.348. The first-order valence-corrected chi connectivity index (χ1v) is 11.6. The Morgan fingerprint density at radius 2 is 1.23 bits per heavy atom. The molecule has 1 unspecified atom stereocenters. The number of hydrogen-bond acceptors (Lipinski definition) is 3. The highest BCUT2D eigenvalue weighted by Crippen LogP contribution is 2.33. The van der Waals surface area contributed by atoms with Crippen molar-refractivity contribution in [2.45, 2.75) is 48.5 Å². The van der Waals surface area contributed by atoms with E-state index in [1.54, 1.807) is 24.3 Å². The minimum atomic E-state index is -2.44. The Labute approximate surface area is 185 Å². The van der Waals surface area contributed by atoms with E-state index in [0.29, 0.717) is 22.0 Å². The van der Waals surface area contributed by atoms with E-state index in [0.717, 1.165) is 38.9 Å². The maximum absolute atomic E-state index is 13.6. The molecule has 0 fully saturated rings. The Bertz CT molecular complexity index is 1230. The monoisotopic (exact) mass is 431 g/mol. The fourth-order valence-corrected chi connectivity index (χ4v) is 5.73. The van der Waals surface area contributed by atoms with Gasteiger partial charge in [-0.15, -0.1) is 0 Å². The summed E-state index contributed by atoms with van der Waals surface area (Å²) >= 11 is 0. The fraction of sp³-hybridized carbons (Fsp3) is 0.259. The van der Waals surface area contributed by atoms with Crippen molar-refractivity contribution in [2.24, 2.45) is 0 Å². The SMILES string of the molecule is Cc1cc(C)c(C(=O)[P](=O)c2ccccc2C(=O)c2c(C)cc(C)c(C)c2C)c(C)c1. The predicted molar refractivity (Wildman–Crippen MR) is 127 cm³/mol. The van der Waals surface area contributed by atoms with Crippen LogP contribution in [-0.4, -0.2) is 11.3 Å². The Balaban J connectivity index is 2.12. The summed E-state index contributed by atoms with van der Waals surface area (Å²) in [6.07, 6.45) is 0. The molecule has 1 atom stereocenters. The van der Waals surface area contributed by atoms with Crippen LogP contribution in [0.15, 0.2) is 42.5 Å². The molecule has 0 aromatic heterocycles. The summed E-state index contributed by atoms with van der Waals surface area (Å²) in [4.78, 5) is 26.8. The lowest BCUT2D eigenvalue weighted by molar-refractivity contribution is 0.103. The third-order valence-electron chi connectivity index (χ3n) is 6.03. The van der Waals surface area contributed by atoms with Crippen molar-refractivity contribution < 1.29 is 14.2 Å². The second-order valence-electron chi connectivity index (χ2n) is 8.35. The molecular weight excluding hydrogens is 403 g/mol. The molecule has 0 spiro atoms. The number of carbonyl (C=O) groups is 2. The summed E-state index contributed by atoms with van der Waals surface area (Å²) in [7, 11) is -2.44. The average molecular weight is 431 g/mol. The first kappa shape index (κ1) is 22.8. The molecule has 1 radical (unpaired) electrons. The van der Waals surface area contributed by atoms with Crippen LogP contribution < -0.4 is 5.30 Å². The number of hydrogen-bond donors (Lipinski definition) is 0. The second-order valence-corrected chi connectivity index (χ2v) is 9.83. The second kappa shape index (κ2) is 8.69. The Morgan fingerprint density at radius 3 is 1.84 bits per heavy atom. The van der Waals surface area contributed by atoms with Gasteiger partial charge in [-0.05, 0) is 94.0 Å². The standard InChI is InChI=1S/C27H28O3P/c1-15-12-17(3)24(18(4)13-15)27(29)31(30)23-11-9-8-10-22(23)26(28)25-19(5)14-16(2)20(6)21(25)7/h8-14H,1-7H3. The Kier molecular flexibility index (Phi) is 6.38. The zero-order valence-electron chi connectivity index (χ0n) is 19.2. The van der Waals surface area contributed by atoms with Crippen LogP contribution in [0, 0.1) is 48.5 Å². The number of rotatable bonds is 5. The summed E-state index contributed by atoms with van der Waals surface area (Å²) in [5.74, 6) is -0.192. The lowest BCUT2D eigenvalue weighted by atomic mass is 9.89. The van der Waals surface area contributed by atoms with E-state index in [9.17, 15) is 14.2 Å². The minimum Gasteiger partial charge on any atom is -0.289 e. The van der Waals surface area contributed by atoms with Gasteiger partial charge in [0, 0.05) is 16.7 Å². The van der Waals surface area contributed by atoms with E-state index in [1.807, 2.05) is 66.7 Å². The van der Waals surface area contributed by atoms with Gasteiger partial charge in [0.15, 0.2) is 13.6 Å². The number of ketones is 1. The Morgan fingerprint density at radius 1 is 0.677 bits per heavy atom. The molecule has 4 heteroatoms. The van der Waals surface area contributed by atoms with Crippen molar-refractivity contribution in [1.82, 2.24) is 0 Å². The molecule has 159 valence electrons. The summed E-state index contributed by atoms with van der Waals surface area (Å²) in [6, 6.07) is 12.6. The number of aryl methyl sites for hydroxylation is 5. The van der Waals surface area contributed by atoms with Crippen molar-refractivity contribution in [3.8, 4) is 0 Å². The van der Waals surface area contributed by atoms with Crippen molar-refractivity contribution in [3.05, 3.63) is 98.1 Å². The third kappa shape index (κ3) is 4.16. The highest BCUT2D eigenvalue weighted by molar-refractivity contribution is 7.71. The summed E-state index contributed by atoms with van der Waals surface area (Å²) in [6.45, 7) is 13.6. The Hall–Kier alpha value is -2.90. The van der Waals surface area contributed by atoms with Gasteiger partial charge < -0.3 is 0 Å². The van der Waals surface area contributed by atoms with Gasteiger partial charge in [-0.25, -0.2) is 0 Å². The molecule has 3 nitrogen and oxygen atoms in total. The van der Waals surface area contributed by atoms with E-state index in [4.69, 9.17) is 0 Å². The van der Waals surface area contributed by atoms with E-state index in [-0.39, 0.29) is 5.78 Å². The van der Waals surface area contributed by atoms with Gasteiger partial charge >= 0.3 is 0 Å². The summed E-state index contributed by atoms with van der Waals surface area (Å²) in [5, 5.41) is 0.295. The van der Waals surface area contributed by atoms with Crippen molar-refractivity contribution in [3.63, 3.8) is 0 Å². The largest absolute Gasteiger partial charge is 0.289 e. The molecule has 0 aliphatic rings. The van der Waals surface area contributed by atoms with Gasteiger partial charge in [-0.2, -0.15) is 0 Å². The lowest BCUT2D eigenvalue weighted by Gasteiger charge is -2.16. The average Bonchev–Trinajstić information content (AvgIpc) is 2.70. The first-order chi connectivity index (χ1) is 14.5. The van der Waals surface area contributed by atoms with Crippen molar-refractivity contribution in [1.29, 1.82) is 0 Å². The van der Waals surface area contributed by atoms with Crippen molar-refractivity contribution in [2.75, 3.05) is 0 Å². The molecule has 0 heterocycles. The van der Waals surface area contributed by atoms with Crippen LogP contribution in [0.1, 0.15) is 65.2 Å². The summed E-state index contributed by atoms with van der Waals surface area (Å²) in [5.41, 5.74) is 7.65. The number of carbonyl (C=O) groups excluding carboxylic acids is 2. The molecule has 0 amide bonds. The highest BCUT2D eigenvalue weighted by atomic mass is 31.1. The third-order valence-corrected chi connectivity index (χ3v) is 7.45. The van der Waals surface area contributed by atoms with E-state index >= 15 is 0 Å². The topological polar surface area (TPSA) is 51.2 Å². The van der Waals surface area contributed by atoms with Crippen LogP contribution in [0.3, 0.4) is 0 Å². The fourth-order valence-electron chi connectivity index (χ4n) is 4.34. The molecule has 3 rings (SSSR count). The van der Waals surface area contributed by atoms with E-state index < -0.39 is 13.3 Å². The van der Waals surface area contributed by atoms with Crippen molar-refractivity contribution >= 4 is 24.4 Å². The molecule has 0 aliphatic heterocycles. The van der Waals surface area contributed by atoms with Crippen LogP contribution in [0.5, 0.6) is 0 Å². The molecule has 3 aromatic carbocycles. The molecule has 0 N–H and O–H groups in total. The van der Waals surface area contributed by atoms with Crippen LogP contribution in [-0.2, 0) is 4.57 Å². The maximum atomic E-state index is 13.6. The molecule has 0 saturated carbocycles. The molecule has 0 saturated heterocycles. The highest BCUT2D eigenvalue weighted by Gasteiger charge is 2.27. The molecule has 3 aromatic rings. The molecule has 31 heavy (non-hydrogen) atoms. The van der Waals surface area contributed by atoms with E-state index in [2.05, 4.69) is 0 Å². The van der Waals surface area contributed by atoms with Gasteiger partial charge in [0.2, 0.25) is 5.52 Å². The normalized spacial score (nSPS) is 11.4. The summed E-state index contributed by atoms with van der Waals surface area (Å²) < 4.78 is 13.4. The molecular formula is C27H28O3P. The smallest absolute Gasteiger partial charge is 0.247 e.